The van der Waals surface area contributed by atoms with Crippen molar-refractivity contribution < 1.29 is 14.5 Å². The van der Waals surface area contributed by atoms with Crippen molar-refractivity contribution in [2.45, 2.75) is 26.7 Å². The van der Waals surface area contributed by atoms with Gasteiger partial charge in [0.15, 0.2) is 10.9 Å². The molecular formula is C21H21N3O4S. The first-order valence-corrected chi connectivity index (χ1v) is 10.0. The Morgan fingerprint density at radius 1 is 1.21 bits per heavy atom. The zero-order chi connectivity index (χ0) is 20.8. The van der Waals surface area contributed by atoms with Gasteiger partial charge in [0.25, 0.3) is 0 Å². The molecule has 0 saturated heterocycles. The van der Waals surface area contributed by atoms with E-state index in [2.05, 4.69) is 36.3 Å². The Balaban J connectivity index is 1.49. The number of anilines is 1. The number of carbonyl (C=O) groups excluding carboxylic acids is 1. The number of rotatable bonds is 8. The Morgan fingerprint density at radius 2 is 2.00 bits per heavy atom. The van der Waals surface area contributed by atoms with Gasteiger partial charge in [-0.1, -0.05) is 24.3 Å². The molecule has 1 aromatic heterocycles. The third-order valence-corrected chi connectivity index (χ3v) is 5.18. The van der Waals surface area contributed by atoms with Crippen LogP contribution >= 0.6 is 11.3 Å². The van der Waals surface area contributed by atoms with Gasteiger partial charge in [0, 0.05) is 23.4 Å². The lowest BCUT2D eigenvalue weighted by atomic mass is 10.1. The number of nitrogens with one attached hydrogen (secondary N) is 1. The van der Waals surface area contributed by atoms with Crippen LogP contribution in [-0.4, -0.2) is 22.4 Å². The number of nitro groups is 1. The molecule has 2 aromatic carbocycles. The molecule has 0 aliphatic heterocycles. The van der Waals surface area contributed by atoms with Crippen molar-refractivity contribution in [2.75, 3.05) is 11.9 Å². The highest BCUT2D eigenvalue weighted by Crippen LogP contribution is 2.27. The molecule has 29 heavy (non-hydrogen) atoms. The Labute approximate surface area is 172 Å². The minimum atomic E-state index is -0.488. The number of ether oxygens (including phenoxy) is 1. The highest BCUT2D eigenvalue weighted by atomic mass is 32.1. The average molecular weight is 411 g/mol. The summed E-state index contributed by atoms with van der Waals surface area (Å²) in [6, 6.07) is 12.3. The van der Waals surface area contributed by atoms with Crippen LogP contribution in [0.4, 0.5) is 10.8 Å². The van der Waals surface area contributed by atoms with Crippen molar-refractivity contribution in [2.24, 2.45) is 0 Å². The molecule has 3 rings (SSSR count). The third-order valence-electron chi connectivity index (χ3n) is 4.42. The SMILES string of the molecule is Cc1ccc(-c2csc(NC(=O)CCCOc3ccccc3[N+](=O)[O-])n2)cc1C. The molecule has 1 amide bonds. The van der Waals surface area contributed by atoms with Gasteiger partial charge in [-0.2, -0.15) is 0 Å². The number of carbonyl (C=O) groups is 1. The number of aromatic nitrogens is 1. The summed E-state index contributed by atoms with van der Waals surface area (Å²) in [6.07, 6.45) is 0.673. The normalized spacial score (nSPS) is 10.6. The van der Waals surface area contributed by atoms with Gasteiger partial charge < -0.3 is 10.1 Å². The topological polar surface area (TPSA) is 94.4 Å². The van der Waals surface area contributed by atoms with Crippen LogP contribution in [0.3, 0.4) is 0 Å². The van der Waals surface area contributed by atoms with Gasteiger partial charge in [-0.25, -0.2) is 4.98 Å². The summed E-state index contributed by atoms with van der Waals surface area (Å²) in [5.41, 5.74) is 4.18. The van der Waals surface area contributed by atoms with Crippen LogP contribution in [0.5, 0.6) is 5.75 Å². The van der Waals surface area contributed by atoms with Crippen LogP contribution in [0.25, 0.3) is 11.3 Å². The van der Waals surface area contributed by atoms with Crippen LogP contribution in [-0.2, 0) is 4.79 Å². The molecule has 0 aliphatic carbocycles. The van der Waals surface area contributed by atoms with E-state index < -0.39 is 4.92 Å². The largest absolute Gasteiger partial charge is 0.487 e. The van der Waals surface area contributed by atoms with E-state index in [1.54, 1.807) is 18.2 Å². The predicted octanol–water partition coefficient (Wildman–Crippen LogP) is 5.13. The maximum atomic E-state index is 12.1. The second-order valence-corrected chi connectivity index (χ2v) is 7.42. The lowest BCUT2D eigenvalue weighted by Gasteiger charge is -2.06. The molecule has 0 bridgehead atoms. The number of aryl methyl sites for hydroxylation is 2. The fourth-order valence-corrected chi connectivity index (χ4v) is 3.43. The lowest BCUT2D eigenvalue weighted by Crippen LogP contribution is -2.12. The monoisotopic (exact) mass is 411 g/mol. The van der Waals surface area contributed by atoms with Crippen molar-refractivity contribution in [3.05, 3.63) is 69.1 Å². The number of amides is 1. The van der Waals surface area contributed by atoms with Crippen molar-refractivity contribution in [3.63, 3.8) is 0 Å². The van der Waals surface area contributed by atoms with Gasteiger partial charge in [-0.05, 0) is 43.5 Å². The molecule has 3 aromatic rings. The van der Waals surface area contributed by atoms with Crippen LogP contribution in [0, 0.1) is 24.0 Å². The van der Waals surface area contributed by atoms with Crippen molar-refractivity contribution >= 4 is 28.1 Å². The van der Waals surface area contributed by atoms with Gasteiger partial charge in [0.1, 0.15) is 0 Å². The molecule has 0 fully saturated rings. The molecule has 8 heteroatoms. The van der Waals surface area contributed by atoms with Gasteiger partial charge >= 0.3 is 5.69 Å². The molecule has 0 unspecified atom stereocenters. The standard InChI is InChI=1S/C21H21N3O4S/c1-14-9-10-16(12-15(14)2)17-13-29-21(22-17)23-20(25)8-5-11-28-19-7-4-3-6-18(19)24(26)27/h3-4,6-7,9-10,12-13H,5,8,11H2,1-2H3,(H,22,23,25). The zero-order valence-electron chi connectivity index (χ0n) is 16.2. The molecule has 1 N–H and O–H groups in total. The number of para-hydroxylation sites is 2. The van der Waals surface area contributed by atoms with Crippen molar-refractivity contribution in [1.82, 2.24) is 4.98 Å². The minimum Gasteiger partial charge on any atom is -0.487 e. The first-order valence-electron chi connectivity index (χ1n) is 9.13. The lowest BCUT2D eigenvalue weighted by molar-refractivity contribution is -0.385. The molecule has 150 valence electrons. The number of benzene rings is 2. The van der Waals surface area contributed by atoms with E-state index in [0.717, 1.165) is 11.3 Å². The highest BCUT2D eigenvalue weighted by Gasteiger charge is 2.14. The van der Waals surface area contributed by atoms with E-state index in [1.807, 2.05) is 11.4 Å². The molecule has 7 nitrogen and oxygen atoms in total. The number of thiazole rings is 1. The molecule has 0 spiro atoms. The maximum absolute atomic E-state index is 12.1. The number of hydrogen-bond acceptors (Lipinski definition) is 6. The van der Waals surface area contributed by atoms with Crippen LogP contribution in [0.1, 0.15) is 24.0 Å². The summed E-state index contributed by atoms with van der Waals surface area (Å²) in [7, 11) is 0. The molecule has 0 radical (unpaired) electrons. The summed E-state index contributed by atoms with van der Waals surface area (Å²) in [5, 5.41) is 16.2. The summed E-state index contributed by atoms with van der Waals surface area (Å²) in [6.45, 7) is 4.33. The molecule has 0 atom stereocenters. The Morgan fingerprint density at radius 3 is 2.76 bits per heavy atom. The van der Waals surface area contributed by atoms with E-state index in [-0.39, 0.29) is 30.4 Å². The number of nitro benzene ring substituents is 1. The second-order valence-electron chi connectivity index (χ2n) is 6.56. The predicted molar refractivity (Wildman–Crippen MR) is 113 cm³/mol. The first-order chi connectivity index (χ1) is 13.9. The van der Waals surface area contributed by atoms with E-state index >= 15 is 0 Å². The zero-order valence-corrected chi connectivity index (χ0v) is 17.0. The van der Waals surface area contributed by atoms with Crippen LogP contribution in [0.2, 0.25) is 0 Å². The van der Waals surface area contributed by atoms with Crippen LogP contribution < -0.4 is 10.1 Å². The van der Waals surface area contributed by atoms with Gasteiger partial charge in [0.05, 0.1) is 17.2 Å². The minimum absolute atomic E-state index is 0.0846. The Hall–Kier alpha value is -3.26. The molecule has 0 saturated carbocycles. The summed E-state index contributed by atoms with van der Waals surface area (Å²) in [4.78, 5) is 27.1. The van der Waals surface area contributed by atoms with Gasteiger partial charge in [0.2, 0.25) is 5.91 Å². The molecular weight excluding hydrogens is 390 g/mol. The fraction of sp³-hybridized carbons (Fsp3) is 0.238. The third kappa shape index (κ3) is 5.39. The van der Waals surface area contributed by atoms with Crippen LogP contribution in [0.15, 0.2) is 47.8 Å². The molecule has 1 heterocycles. The van der Waals surface area contributed by atoms with E-state index in [9.17, 15) is 14.9 Å². The first kappa shape index (κ1) is 20.5. The van der Waals surface area contributed by atoms with E-state index in [1.165, 1.54) is 28.5 Å². The van der Waals surface area contributed by atoms with Gasteiger partial charge in [-0.3, -0.25) is 14.9 Å². The smallest absolute Gasteiger partial charge is 0.310 e. The Kier molecular flexibility index (Phi) is 6.56. The summed E-state index contributed by atoms with van der Waals surface area (Å²) in [5.74, 6) is 0.0352. The number of nitrogens with zero attached hydrogens (tertiary/aromatic N) is 2. The maximum Gasteiger partial charge on any atom is 0.310 e. The fourth-order valence-electron chi connectivity index (χ4n) is 2.69. The van der Waals surface area contributed by atoms with Gasteiger partial charge in [-0.15, -0.1) is 11.3 Å². The van der Waals surface area contributed by atoms with Crippen molar-refractivity contribution in [1.29, 1.82) is 0 Å². The van der Waals surface area contributed by atoms with E-state index in [0.29, 0.717) is 11.6 Å². The summed E-state index contributed by atoms with van der Waals surface area (Å²) < 4.78 is 5.45. The number of hydrogen-bond donors (Lipinski definition) is 1. The second kappa shape index (κ2) is 9.29. The average Bonchev–Trinajstić information content (AvgIpc) is 3.16. The van der Waals surface area contributed by atoms with Crippen molar-refractivity contribution in [3.8, 4) is 17.0 Å². The Bertz CT molecular complexity index is 1030. The summed E-state index contributed by atoms with van der Waals surface area (Å²) >= 11 is 1.37. The highest BCUT2D eigenvalue weighted by molar-refractivity contribution is 7.14. The molecule has 0 aliphatic rings. The van der Waals surface area contributed by atoms with E-state index in [4.69, 9.17) is 4.74 Å². The quantitative estimate of drug-likeness (QED) is 0.315.